The number of hydrogen-bond acceptors (Lipinski definition) is 7. The van der Waals surface area contributed by atoms with Crippen LogP contribution in [0.2, 0.25) is 0 Å². The number of nitrogens with zero attached hydrogens (tertiary/aromatic N) is 7. The molecule has 9 heteroatoms. The van der Waals surface area contributed by atoms with Gasteiger partial charge in [-0.2, -0.15) is 14.7 Å². The highest BCUT2D eigenvalue weighted by molar-refractivity contribution is 7.19. The Labute approximate surface area is 116 Å². The predicted octanol–water partition coefficient (Wildman–Crippen LogP) is 1.34. The number of rotatable bonds is 2. The molecule has 0 unspecified atom stereocenters. The van der Waals surface area contributed by atoms with Crippen LogP contribution in [0.15, 0.2) is 24.8 Å². The summed E-state index contributed by atoms with van der Waals surface area (Å²) in [6.45, 7) is 1.95. The van der Waals surface area contributed by atoms with Crippen molar-refractivity contribution in [2.24, 2.45) is 0 Å². The second-order valence-electron chi connectivity index (χ2n) is 4.12. The van der Waals surface area contributed by atoms with E-state index >= 15 is 0 Å². The van der Waals surface area contributed by atoms with Gasteiger partial charge in [0.25, 0.3) is 0 Å². The van der Waals surface area contributed by atoms with Gasteiger partial charge in [-0.3, -0.25) is 10.1 Å². The Kier molecular flexibility index (Phi) is 2.33. The fourth-order valence-electron chi connectivity index (χ4n) is 1.87. The molecule has 20 heavy (non-hydrogen) atoms. The molecule has 4 heterocycles. The Morgan fingerprint density at radius 1 is 1.20 bits per heavy atom. The van der Waals surface area contributed by atoms with Crippen LogP contribution < -0.4 is 0 Å². The Morgan fingerprint density at radius 3 is 2.90 bits per heavy atom. The topological polar surface area (TPSA) is 97.5 Å². The van der Waals surface area contributed by atoms with Crippen molar-refractivity contribution in [2.75, 3.05) is 0 Å². The first-order valence-electron chi connectivity index (χ1n) is 5.82. The van der Waals surface area contributed by atoms with Crippen LogP contribution >= 0.6 is 11.3 Å². The standard InChI is InChI=1S/C11H8N8S/c1-6-7(4-14-15-6)10-18-19-9(16-17-11(19)20-10)8-5-12-2-3-13-8/h2-5H,1H3,(H,14,15). The molecule has 4 aromatic rings. The first kappa shape index (κ1) is 11.2. The molecular weight excluding hydrogens is 276 g/mol. The van der Waals surface area contributed by atoms with Crippen LogP contribution in [0, 0.1) is 6.92 Å². The lowest BCUT2D eigenvalue weighted by Gasteiger charge is -1.94. The zero-order chi connectivity index (χ0) is 13.5. The number of aromatic nitrogens is 8. The summed E-state index contributed by atoms with van der Waals surface area (Å²) in [6.07, 6.45) is 6.62. The van der Waals surface area contributed by atoms with E-state index in [1.807, 2.05) is 6.92 Å². The highest BCUT2D eigenvalue weighted by atomic mass is 32.1. The maximum Gasteiger partial charge on any atom is 0.235 e. The van der Waals surface area contributed by atoms with Crippen molar-refractivity contribution < 1.29 is 0 Å². The van der Waals surface area contributed by atoms with Gasteiger partial charge in [0.2, 0.25) is 10.8 Å². The van der Waals surface area contributed by atoms with Crippen molar-refractivity contribution in [3.8, 4) is 22.1 Å². The average Bonchev–Trinajstić information content (AvgIpc) is 3.13. The molecular formula is C11H8N8S. The quantitative estimate of drug-likeness (QED) is 0.596. The molecule has 0 bridgehead atoms. The summed E-state index contributed by atoms with van der Waals surface area (Å²) in [7, 11) is 0. The minimum Gasteiger partial charge on any atom is -0.282 e. The van der Waals surface area contributed by atoms with E-state index in [0.29, 0.717) is 16.5 Å². The summed E-state index contributed by atoms with van der Waals surface area (Å²) in [5, 5.41) is 20.5. The molecule has 0 aliphatic heterocycles. The van der Waals surface area contributed by atoms with Gasteiger partial charge in [-0.15, -0.1) is 10.2 Å². The fourth-order valence-corrected chi connectivity index (χ4v) is 2.77. The van der Waals surface area contributed by atoms with Crippen LogP contribution in [0.1, 0.15) is 5.69 Å². The van der Waals surface area contributed by atoms with Crippen molar-refractivity contribution in [1.29, 1.82) is 0 Å². The molecule has 1 N–H and O–H groups in total. The third-order valence-corrected chi connectivity index (χ3v) is 3.78. The smallest absolute Gasteiger partial charge is 0.235 e. The number of H-pyrrole nitrogens is 1. The van der Waals surface area contributed by atoms with Crippen molar-refractivity contribution in [3.63, 3.8) is 0 Å². The van der Waals surface area contributed by atoms with Gasteiger partial charge >= 0.3 is 0 Å². The van der Waals surface area contributed by atoms with Gasteiger partial charge < -0.3 is 0 Å². The fraction of sp³-hybridized carbons (Fsp3) is 0.0909. The highest BCUT2D eigenvalue weighted by Gasteiger charge is 2.16. The molecule has 4 rings (SSSR count). The summed E-state index contributed by atoms with van der Waals surface area (Å²) >= 11 is 1.45. The largest absolute Gasteiger partial charge is 0.282 e. The zero-order valence-corrected chi connectivity index (χ0v) is 11.2. The molecule has 0 fully saturated rings. The molecule has 0 radical (unpaired) electrons. The van der Waals surface area contributed by atoms with Crippen LogP contribution in [0.25, 0.3) is 27.1 Å². The van der Waals surface area contributed by atoms with Gasteiger partial charge in [0, 0.05) is 18.1 Å². The van der Waals surface area contributed by atoms with Gasteiger partial charge in [-0.05, 0) is 6.92 Å². The second kappa shape index (κ2) is 4.17. The Hall–Kier alpha value is -2.68. The lowest BCUT2D eigenvalue weighted by Crippen LogP contribution is -1.93. The summed E-state index contributed by atoms with van der Waals surface area (Å²) in [5.74, 6) is 0.580. The lowest BCUT2D eigenvalue weighted by atomic mass is 10.3. The molecule has 0 spiro atoms. The van der Waals surface area contributed by atoms with Crippen LogP contribution in [0.5, 0.6) is 0 Å². The second-order valence-corrected chi connectivity index (χ2v) is 5.08. The van der Waals surface area contributed by atoms with Gasteiger partial charge in [-0.1, -0.05) is 11.3 Å². The minimum absolute atomic E-state index is 0.580. The van der Waals surface area contributed by atoms with Crippen LogP contribution in [-0.4, -0.2) is 40.0 Å². The first-order valence-corrected chi connectivity index (χ1v) is 6.63. The SMILES string of the molecule is Cc1[nH]ncc1-c1nn2c(-c3cnccn3)nnc2s1. The number of hydrogen-bond donors (Lipinski definition) is 1. The Morgan fingerprint density at radius 2 is 2.15 bits per heavy atom. The van der Waals surface area contributed by atoms with E-state index in [2.05, 4.69) is 35.5 Å². The molecule has 0 amide bonds. The summed E-state index contributed by atoms with van der Waals surface area (Å²) < 4.78 is 1.68. The molecule has 0 atom stereocenters. The van der Waals surface area contributed by atoms with Crippen LogP contribution in [-0.2, 0) is 0 Å². The monoisotopic (exact) mass is 284 g/mol. The average molecular weight is 284 g/mol. The third-order valence-electron chi connectivity index (χ3n) is 2.84. The van der Waals surface area contributed by atoms with E-state index < -0.39 is 0 Å². The molecule has 8 nitrogen and oxygen atoms in total. The predicted molar refractivity (Wildman–Crippen MR) is 72.0 cm³/mol. The van der Waals surface area contributed by atoms with E-state index in [1.54, 1.807) is 29.3 Å². The van der Waals surface area contributed by atoms with Gasteiger partial charge in [0.1, 0.15) is 5.69 Å². The summed E-state index contributed by atoms with van der Waals surface area (Å²) in [4.78, 5) is 8.97. The number of nitrogens with one attached hydrogen (secondary N) is 1. The van der Waals surface area contributed by atoms with Crippen LogP contribution in [0.4, 0.5) is 0 Å². The summed E-state index contributed by atoms with van der Waals surface area (Å²) in [5.41, 5.74) is 2.57. The maximum absolute atomic E-state index is 4.53. The number of aromatic amines is 1. The molecule has 98 valence electrons. The normalized spacial score (nSPS) is 11.2. The van der Waals surface area contributed by atoms with Gasteiger partial charge in [0.15, 0.2) is 5.01 Å². The highest BCUT2D eigenvalue weighted by Crippen LogP contribution is 2.28. The number of fused-ring (bicyclic) bond motifs is 1. The Bertz CT molecular complexity index is 874. The van der Waals surface area contributed by atoms with E-state index in [9.17, 15) is 0 Å². The number of aryl methyl sites for hydroxylation is 1. The summed E-state index contributed by atoms with van der Waals surface area (Å²) in [6, 6.07) is 0. The zero-order valence-electron chi connectivity index (χ0n) is 10.3. The van der Waals surface area contributed by atoms with Crippen molar-refractivity contribution >= 4 is 16.3 Å². The third kappa shape index (κ3) is 1.60. The molecule has 0 saturated carbocycles. The van der Waals surface area contributed by atoms with E-state index in [-0.39, 0.29) is 0 Å². The lowest BCUT2D eigenvalue weighted by molar-refractivity contribution is 0.957. The first-order chi connectivity index (χ1) is 9.83. The van der Waals surface area contributed by atoms with Crippen LogP contribution in [0.3, 0.4) is 0 Å². The van der Waals surface area contributed by atoms with E-state index in [4.69, 9.17) is 0 Å². The molecule has 4 aromatic heterocycles. The van der Waals surface area contributed by atoms with Crippen molar-refractivity contribution in [2.45, 2.75) is 6.92 Å². The molecule has 0 saturated heterocycles. The molecule has 0 aromatic carbocycles. The van der Waals surface area contributed by atoms with Gasteiger partial charge in [0.05, 0.1) is 18.0 Å². The maximum atomic E-state index is 4.53. The van der Waals surface area contributed by atoms with Gasteiger partial charge in [-0.25, -0.2) is 4.98 Å². The van der Waals surface area contributed by atoms with E-state index in [1.165, 1.54) is 11.3 Å². The molecule has 0 aliphatic carbocycles. The van der Waals surface area contributed by atoms with Crippen molar-refractivity contribution in [1.82, 2.24) is 40.0 Å². The molecule has 0 aliphatic rings. The van der Waals surface area contributed by atoms with E-state index in [0.717, 1.165) is 16.3 Å². The minimum atomic E-state index is 0.580. The van der Waals surface area contributed by atoms with Crippen molar-refractivity contribution in [3.05, 3.63) is 30.5 Å². The Balaban J connectivity index is 1.90.